The first-order chi connectivity index (χ1) is 10.6. The summed E-state index contributed by atoms with van der Waals surface area (Å²) in [6, 6.07) is 11.4. The average molecular weight is 334 g/mol. The number of nitrogens with one attached hydrogen (secondary N) is 1. The molecule has 2 heterocycles. The summed E-state index contributed by atoms with van der Waals surface area (Å²) >= 11 is 7.39. The second kappa shape index (κ2) is 6.22. The number of hydrogen-bond donors (Lipinski definition) is 3. The number of nitrogens with zero attached hydrogens (tertiary/aromatic N) is 1. The molecule has 6 heteroatoms. The van der Waals surface area contributed by atoms with Gasteiger partial charge < -0.3 is 10.8 Å². The number of rotatable bonds is 5. The van der Waals surface area contributed by atoms with E-state index in [1.807, 2.05) is 36.5 Å². The number of aromatic nitrogens is 2. The number of H-pyrrole nitrogens is 1. The highest BCUT2D eigenvalue weighted by Gasteiger charge is 2.32. The van der Waals surface area contributed by atoms with Crippen LogP contribution < -0.4 is 5.73 Å². The van der Waals surface area contributed by atoms with E-state index in [9.17, 15) is 5.11 Å². The predicted molar refractivity (Wildman–Crippen MR) is 90.0 cm³/mol. The van der Waals surface area contributed by atoms with Crippen LogP contribution in [0.2, 0.25) is 4.34 Å². The van der Waals surface area contributed by atoms with E-state index in [-0.39, 0.29) is 0 Å². The summed E-state index contributed by atoms with van der Waals surface area (Å²) < 4.78 is 0.653. The lowest BCUT2D eigenvalue weighted by Gasteiger charge is -2.27. The van der Waals surface area contributed by atoms with Gasteiger partial charge in [0, 0.05) is 16.6 Å². The zero-order valence-corrected chi connectivity index (χ0v) is 13.4. The van der Waals surface area contributed by atoms with Crippen molar-refractivity contribution >= 4 is 22.9 Å². The van der Waals surface area contributed by atoms with E-state index in [1.54, 1.807) is 12.3 Å². The van der Waals surface area contributed by atoms with E-state index in [0.717, 1.165) is 21.6 Å². The molecule has 114 valence electrons. The molecule has 0 aliphatic carbocycles. The summed E-state index contributed by atoms with van der Waals surface area (Å²) in [5, 5.41) is 17.9. The van der Waals surface area contributed by atoms with Gasteiger partial charge in [-0.25, -0.2) is 0 Å². The summed E-state index contributed by atoms with van der Waals surface area (Å²) in [5.74, 6) is 0. The monoisotopic (exact) mass is 333 g/mol. The van der Waals surface area contributed by atoms with Crippen LogP contribution in [-0.4, -0.2) is 21.8 Å². The molecule has 2 aromatic heterocycles. The maximum Gasteiger partial charge on any atom is 0.125 e. The second-order valence-electron chi connectivity index (χ2n) is 5.07. The molecule has 0 fully saturated rings. The van der Waals surface area contributed by atoms with Crippen LogP contribution in [0.3, 0.4) is 0 Å². The van der Waals surface area contributed by atoms with Crippen LogP contribution in [0.4, 0.5) is 0 Å². The lowest BCUT2D eigenvalue weighted by Crippen LogP contribution is -2.29. The van der Waals surface area contributed by atoms with Gasteiger partial charge in [-0.1, -0.05) is 35.9 Å². The zero-order chi connectivity index (χ0) is 15.6. The van der Waals surface area contributed by atoms with Crippen LogP contribution >= 0.6 is 22.9 Å². The molecular weight excluding hydrogens is 318 g/mol. The Bertz CT molecular complexity index is 739. The molecule has 4 nitrogen and oxygen atoms in total. The SMILES string of the molecule is NCCC(O)(c1ccc(-c2cn[nH]c2)cc1)c1ccc(Cl)s1. The summed E-state index contributed by atoms with van der Waals surface area (Å²) in [6.07, 6.45) is 4.04. The van der Waals surface area contributed by atoms with Crippen molar-refractivity contribution in [3.8, 4) is 11.1 Å². The molecule has 0 aliphatic rings. The Morgan fingerprint density at radius 3 is 2.50 bits per heavy atom. The molecule has 0 radical (unpaired) electrons. The summed E-state index contributed by atoms with van der Waals surface area (Å²) in [7, 11) is 0. The van der Waals surface area contributed by atoms with Crippen LogP contribution in [-0.2, 0) is 5.60 Å². The first kappa shape index (κ1) is 15.2. The van der Waals surface area contributed by atoms with Gasteiger partial charge in [-0.05, 0) is 36.2 Å². The Hall–Kier alpha value is -1.66. The van der Waals surface area contributed by atoms with Gasteiger partial charge in [0.05, 0.1) is 10.5 Å². The minimum Gasteiger partial charge on any atom is -0.379 e. The topological polar surface area (TPSA) is 74.9 Å². The van der Waals surface area contributed by atoms with E-state index in [4.69, 9.17) is 17.3 Å². The minimum atomic E-state index is -1.11. The molecule has 0 amide bonds. The van der Waals surface area contributed by atoms with Gasteiger partial charge in [-0.3, -0.25) is 5.10 Å². The normalized spacial score (nSPS) is 14.0. The second-order valence-corrected chi connectivity index (χ2v) is 6.78. The van der Waals surface area contributed by atoms with Crippen molar-refractivity contribution in [3.63, 3.8) is 0 Å². The largest absolute Gasteiger partial charge is 0.379 e. The molecule has 1 atom stereocenters. The number of thiophene rings is 1. The molecule has 0 saturated heterocycles. The molecule has 22 heavy (non-hydrogen) atoms. The van der Waals surface area contributed by atoms with Crippen molar-refractivity contribution in [1.29, 1.82) is 0 Å². The van der Waals surface area contributed by atoms with Gasteiger partial charge in [0.1, 0.15) is 5.60 Å². The number of hydrogen-bond acceptors (Lipinski definition) is 4. The van der Waals surface area contributed by atoms with E-state index in [2.05, 4.69) is 10.2 Å². The Morgan fingerprint density at radius 1 is 1.18 bits per heavy atom. The predicted octanol–water partition coefficient (Wildman–Crippen LogP) is 3.38. The van der Waals surface area contributed by atoms with Crippen LogP contribution in [0.15, 0.2) is 48.8 Å². The van der Waals surface area contributed by atoms with E-state index in [0.29, 0.717) is 17.3 Å². The number of aromatic amines is 1. The van der Waals surface area contributed by atoms with Crippen molar-refractivity contribution < 1.29 is 5.11 Å². The van der Waals surface area contributed by atoms with Gasteiger partial charge in [0.2, 0.25) is 0 Å². The fourth-order valence-electron chi connectivity index (χ4n) is 2.50. The van der Waals surface area contributed by atoms with Gasteiger partial charge in [0.15, 0.2) is 0 Å². The zero-order valence-electron chi connectivity index (χ0n) is 11.8. The van der Waals surface area contributed by atoms with Crippen LogP contribution in [0.1, 0.15) is 16.9 Å². The van der Waals surface area contributed by atoms with Gasteiger partial charge >= 0.3 is 0 Å². The highest BCUT2D eigenvalue weighted by molar-refractivity contribution is 7.16. The molecule has 3 rings (SSSR count). The quantitative estimate of drug-likeness (QED) is 0.670. The number of aliphatic hydroxyl groups is 1. The molecule has 0 bridgehead atoms. The summed E-state index contributed by atoms with van der Waals surface area (Å²) in [4.78, 5) is 0.805. The lowest BCUT2D eigenvalue weighted by atomic mass is 9.88. The minimum absolute atomic E-state index is 0.384. The van der Waals surface area contributed by atoms with E-state index < -0.39 is 5.60 Å². The highest BCUT2D eigenvalue weighted by Crippen LogP contribution is 2.38. The Labute approximate surface area is 137 Å². The van der Waals surface area contributed by atoms with Crippen LogP contribution in [0, 0.1) is 0 Å². The molecule has 0 spiro atoms. The van der Waals surface area contributed by atoms with E-state index >= 15 is 0 Å². The molecule has 3 aromatic rings. The molecule has 4 N–H and O–H groups in total. The fourth-order valence-corrected chi connectivity index (χ4v) is 3.69. The standard InChI is InChI=1S/C16H16ClN3OS/c17-15-6-5-14(22-15)16(21,7-8-18)13-3-1-11(2-4-13)12-9-19-20-10-12/h1-6,9-10,21H,7-8,18H2,(H,19,20). The van der Waals surface area contributed by atoms with Gasteiger partial charge in [0.25, 0.3) is 0 Å². The number of halogens is 1. The highest BCUT2D eigenvalue weighted by atomic mass is 35.5. The van der Waals surface area contributed by atoms with Crippen LogP contribution in [0.5, 0.6) is 0 Å². The van der Waals surface area contributed by atoms with Crippen molar-refractivity contribution in [2.24, 2.45) is 5.73 Å². The number of benzene rings is 1. The fraction of sp³-hybridized carbons (Fsp3) is 0.188. The third kappa shape index (κ3) is 2.80. The smallest absolute Gasteiger partial charge is 0.125 e. The average Bonchev–Trinajstić information content (AvgIpc) is 3.19. The number of nitrogens with two attached hydrogens (primary N) is 1. The molecule has 0 saturated carbocycles. The van der Waals surface area contributed by atoms with Gasteiger partial charge in [-0.2, -0.15) is 5.10 Å². The first-order valence-corrected chi connectivity index (χ1v) is 8.11. The Balaban J connectivity index is 1.98. The molecule has 1 aromatic carbocycles. The van der Waals surface area contributed by atoms with Crippen molar-refractivity contribution in [3.05, 3.63) is 63.6 Å². The maximum atomic E-state index is 11.1. The molecule has 0 aliphatic heterocycles. The van der Waals surface area contributed by atoms with E-state index in [1.165, 1.54) is 11.3 Å². The summed E-state index contributed by atoms with van der Waals surface area (Å²) in [6.45, 7) is 0.384. The first-order valence-electron chi connectivity index (χ1n) is 6.91. The third-order valence-corrected chi connectivity index (χ3v) is 5.06. The lowest BCUT2D eigenvalue weighted by molar-refractivity contribution is 0.0776. The van der Waals surface area contributed by atoms with Crippen molar-refractivity contribution in [2.75, 3.05) is 6.54 Å². The Morgan fingerprint density at radius 2 is 1.95 bits per heavy atom. The Kier molecular flexibility index (Phi) is 4.31. The molecule has 1 unspecified atom stereocenters. The van der Waals surface area contributed by atoms with Gasteiger partial charge in [-0.15, -0.1) is 11.3 Å². The maximum absolute atomic E-state index is 11.1. The summed E-state index contributed by atoms with van der Waals surface area (Å²) in [5.41, 5.74) is 7.45. The van der Waals surface area contributed by atoms with Crippen molar-refractivity contribution in [2.45, 2.75) is 12.0 Å². The molecular formula is C16H16ClN3OS. The third-order valence-electron chi connectivity index (χ3n) is 3.68. The van der Waals surface area contributed by atoms with Crippen LogP contribution in [0.25, 0.3) is 11.1 Å². The van der Waals surface area contributed by atoms with Crippen molar-refractivity contribution in [1.82, 2.24) is 10.2 Å².